The minimum atomic E-state index is -0.178. The molecule has 3 rings (SSSR count). The maximum absolute atomic E-state index is 12.4. The number of hydrogen-bond donors (Lipinski definition) is 1. The molecule has 26 heavy (non-hydrogen) atoms. The molecule has 3 aromatic rings. The van der Waals surface area contributed by atoms with Gasteiger partial charge in [-0.15, -0.1) is 0 Å². The molecule has 0 spiro atoms. The number of amides is 1. The number of hydrogen-bond acceptors (Lipinski definition) is 4. The fraction of sp³-hybridized carbons (Fsp3) is 0.250. The molecule has 0 fully saturated rings. The molecule has 0 aliphatic rings. The van der Waals surface area contributed by atoms with Crippen molar-refractivity contribution in [3.63, 3.8) is 0 Å². The number of carbonyl (C=O) groups is 1. The second kappa shape index (κ2) is 8.29. The molecule has 0 saturated carbocycles. The summed E-state index contributed by atoms with van der Waals surface area (Å²) in [5.74, 6) is 0.617. The molecule has 0 unspecified atom stereocenters. The van der Waals surface area contributed by atoms with Gasteiger partial charge in [0.15, 0.2) is 5.69 Å². The van der Waals surface area contributed by atoms with Crippen LogP contribution in [-0.4, -0.2) is 34.3 Å². The van der Waals surface area contributed by atoms with E-state index in [-0.39, 0.29) is 5.91 Å². The van der Waals surface area contributed by atoms with Gasteiger partial charge in [-0.1, -0.05) is 6.07 Å². The van der Waals surface area contributed by atoms with Gasteiger partial charge < -0.3 is 10.1 Å². The molecule has 0 bridgehead atoms. The molecule has 2 aromatic heterocycles. The molecular weight excluding hydrogens is 328 g/mol. The lowest BCUT2D eigenvalue weighted by Gasteiger charge is -2.05. The van der Waals surface area contributed by atoms with Crippen LogP contribution in [-0.2, 0) is 13.0 Å². The fourth-order valence-electron chi connectivity index (χ4n) is 2.70. The summed E-state index contributed by atoms with van der Waals surface area (Å²) in [6.07, 6.45) is 2.44. The Morgan fingerprint density at radius 3 is 2.65 bits per heavy atom. The Bertz CT molecular complexity index is 857. The molecule has 6 nitrogen and oxygen atoms in total. The molecule has 1 N–H and O–H groups in total. The summed E-state index contributed by atoms with van der Waals surface area (Å²) >= 11 is 0. The van der Waals surface area contributed by atoms with Gasteiger partial charge in [0.2, 0.25) is 0 Å². The number of nitrogens with zero attached hydrogens (tertiary/aromatic N) is 3. The number of nitrogens with one attached hydrogen (secondary N) is 1. The first-order chi connectivity index (χ1) is 12.7. The second-order valence-corrected chi connectivity index (χ2v) is 5.79. The fourth-order valence-corrected chi connectivity index (χ4v) is 2.70. The number of rotatable bonds is 7. The quantitative estimate of drug-likeness (QED) is 0.711. The third-order valence-corrected chi connectivity index (χ3v) is 4.09. The van der Waals surface area contributed by atoms with Gasteiger partial charge >= 0.3 is 0 Å². The van der Waals surface area contributed by atoms with Gasteiger partial charge in [0.05, 0.1) is 12.8 Å². The number of aryl methyl sites for hydroxylation is 1. The maximum Gasteiger partial charge on any atom is 0.271 e. The molecule has 0 aliphatic carbocycles. The van der Waals surface area contributed by atoms with Crippen molar-refractivity contribution in [2.24, 2.45) is 0 Å². The van der Waals surface area contributed by atoms with Gasteiger partial charge in [-0.2, -0.15) is 5.10 Å². The molecular formula is C20H22N4O2. The third kappa shape index (κ3) is 4.08. The van der Waals surface area contributed by atoms with E-state index in [2.05, 4.69) is 15.4 Å². The first-order valence-corrected chi connectivity index (χ1v) is 8.61. The Kier molecular flexibility index (Phi) is 5.63. The number of benzene rings is 1. The number of methoxy groups -OCH3 is 1. The summed E-state index contributed by atoms with van der Waals surface area (Å²) in [5.41, 5.74) is 3.27. The van der Waals surface area contributed by atoms with Crippen molar-refractivity contribution < 1.29 is 9.53 Å². The van der Waals surface area contributed by atoms with Crippen molar-refractivity contribution >= 4 is 5.91 Å². The highest BCUT2D eigenvalue weighted by atomic mass is 16.5. The Morgan fingerprint density at radius 1 is 1.19 bits per heavy atom. The molecule has 0 aliphatic heterocycles. The summed E-state index contributed by atoms with van der Waals surface area (Å²) in [5, 5.41) is 7.34. The van der Waals surface area contributed by atoms with E-state index in [4.69, 9.17) is 4.74 Å². The topological polar surface area (TPSA) is 69.0 Å². The van der Waals surface area contributed by atoms with Crippen molar-refractivity contribution in [2.45, 2.75) is 19.9 Å². The van der Waals surface area contributed by atoms with Crippen LogP contribution in [0.1, 0.15) is 23.1 Å². The molecule has 0 saturated heterocycles. The van der Waals surface area contributed by atoms with Crippen LogP contribution in [0, 0.1) is 0 Å². The minimum Gasteiger partial charge on any atom is -0.497 e. The van der Waals surface area contributed by atoms with Crippen LogP contribution < -0.4 is 10.1 Å². The molecule has 1 amide bonds. The van der Waals surface area contributed by atoms with Crippen LogP contribution in [0.3, 0.4) is 0 Å². The smallest absolute Gasteiger partial charge is 0.271 e. The zero-order chi connectivity index (χ0) is 18.4. The highest BCUT2D eigenvalue weighted by Gasteiger charge is 2.14. The van der Waals surface area contributed by atoms with E-state index in [1.165, 1.54) is 0 Å². The van der Waals surface area contributed by atoms with Crippen LogP contribution >= 0.6 is 0 Å². The van der Waals surface area contributed by atoms with Gasteiger partial charge in [-0.25, -0.2) is 0 Å². The van der Waals surface area contributed by atoms with Crippen molar-refractivity contribution in [3.05, 3.63) is 66.1 Å². The van der Waals surface area contributed by atoms with E-state index in [9.17, 15) is 4.79 Å². The van der Waals surface area contributed by atoms with Crippen LogP contribution in [0.5, 0.6) is 5.75 Å². The average molecular weight is 350 g/mol. The Labute approximate surface area is 152 Å². The number of aromatic nitrogens is 3. The van der Waals surface area contributed by atoms with Crippen molar-refractivity contribution in [2.75, 3.05) is 13.7 Å². The Morgan fingerprint density at radius 2 is 2.00 bits per heavy atom. The minimum absolute atomic E-state index is 0.178. The first kappa shape index (κ1) is 17.7. The van der Waals surface area contributed by atoms with Crippen LogP contribution in [0.2, 0.25) is 0 Å². The third-order valence-electron chi connectivity index (χ3n) is 4.09. The predicted octanol–water partition coefficient (Wildman–Crippen LogP) is 2.95. The van der Waals surface area contributed by atoms with Crippen molar-refractivity contribution in [3.8, 4) is 17.0 Å². The van der Waals surface area contributed by atoms with E-state index in [1.807, 2.05) is 60.1 Å². The van der Waals surface area contributed by atoms with Gasteiger partial charge in [-0.3, -0.25) is 14.5 Å². The van der Waals surface area contributed by atoms with Crippen LogP contribution in [0.15, 0.2) is 54.7 Å². The van der Waals surface area contributed by atoms with Gasteiger partial charge in [0.25, 0.3) is 5.91 Å². The second-order valence-electron chi connectivity index (χ2n) is 5.79. The summed E-state index contributed by atoms with van der Waals surface area (Å²) in [6, 6.07) is 15.3. The zero-order valence-corrected chi connectivity index (χ0v) is 15.0. The first-order valence-electron chi connectivity index (χ1n) is 8.61. The predicted molar refractivity (Wildman–Crippen MR) is 100 cm³/mol. The summed E-state index contributed by atoms with van der Waals surface area (Å²) < 4.78 is 7.02. The molecule has 0 radical (unpaired) electrons. The Hall–Kier alpha value is -3.15. The van der Waals surface area contributed by atoms with E-state index in [0.29, 0.717) is 25.2 Å². The van der Waals surface area contributed by atoms with Gasteiger partial charge in [0.1, 0.15) is 5.75 Å². The SMILES string of the molecule is CCn1nc(C(=O)NCCc2ccccn2)cc1-c1ccc(OC)cc1. The maximum atomic E-state index is 12.4. The van der Waals surface area contributed by atoms with E-state index in [1.54, 1.807) is 13.3 Å². The lowest BCUT2D eigenvalue weighted by atomic mass is 10.1. The molecule has 1 aromatic carbocycles. The highest BCUT2D eigenvalue weighted by Crippen LogP contribution is 2.23. The number of pyridine rings is 1. The number of ether oxygens (including phenoxy) is 1. The highest BCUT2D eigenvalue weighted by molar-refractivity contribution is 5.93. The summed E-state index contributed by atoms with van der Waals surface area (Å²) in [7, 11) is 1.64. The summed E-state index contributed by atoms with van der Waals surface area (Å²) in [6.45, 7) is 3.21. The summed E-state index contributed by atoms with van der Waals surface area (Å²) in [4.78, 5) is 16.7. The zero-order valence-electron chi connectivity index (χ0n) is 15.0. The van der Waals surface area contributed by atoms with E-state index >= 15 is 0 Å². The normalized spacial score (nSPS) is 10.5. The molecule has 2 heterocycles. The lowest BCUT2D eigenvalue weighted by Crippen LogP contribution is -2.26. The van der Waals surface area contributed by atoms with Crippen LogP contribution in [0.4, 0.5) is 0 Å². The largest absolute Gasteiger partial charge is 0.497 e. The molecule has 0 atom stereocenters. The van der Waals surface area contributed by atoms with Crippen LogP contribution in [0.25, 0.3) is 11.3 Å². The van der Waals surface area contributed by atoms with Crippen molar-refractivity contribution in [1.29, 1.82) is 0 Å². The Balaban J connectivity index is 1.69. The average Bonchev–Trinajstić information content (AvgIpc) is 3.13. The lowest BCUT2D eigenvalue weighted by molar-refractivity contribution is 0.0948. The molecule has 6 heteroatoms. The van der Waals surface area contributed by atoms with Gasteiger partial charge in [0, 0.05) is 37.0 Å². The monoisotopic (exact) mass is 350 g/mol. The van der Waals surface area contributed by atoms with Gasteiger partial charge in [-0.05, 0) is 49.4 Å². The van der Waals surface area contributed by atoms with E-state index < -0.39 is 0 Å². The van der Waals surface area contributed by atoms with Crippen molar-refractivity contribution in [1.82, 2.24) is 20.1 Å². The number of carbonyl (C=O) groups excluding carboxylic acids is 1. The standard InChI is InChI=1S/C20H22N4O2/c1-3-24-19(15-7-9-17(26-2)10-8-15)14-18(23-24)20(25)22-13-11-16-6-4-5-12-21-16/h4-10,12,14H,3,11,13H2,1-2H3,(H,22,25). The molecule has 134 valence electrons. The van der Waals surface area contributed by atoms with E-state index in [0.717, 1.165) is 22.7 Å².